The highest BCUT2D eigenvalue weighted by molar-refractivity contribution is 7.79. The number of benzene rings is 1. The van der Waals surface area contributed by atoms with Gasteiger partial charge in [-0.2, -0.15) is 12.6 Å². The third-order valence-electron chi connectivity index (χ3n) is 2.29. The first-order chi connectivity index (χ1) is 7.79. The second-order valence-electron chi connectivity index (χ2n) is 3.49. The van der Waals surface area contributed by atoms with Crippen molar-refractivity contribution in [1.29, 1.82) is 0 Å². The molecule has 0 aliphatic carbocycles. The third-order valence-corrected chi connectivity index (χ3v) is 2.59. The normalized spacial score (nSPS) is 10.1. The van der Waals surface area contributed by atoms with Crippen LogP contribution < -0.4 is 4.74 Å². The molecule has 3 heteroatoms. The van der Waals surface area contributed by atoms with E-state index in [1.54, 1.807) is 0 Å². The van der Waals surface area contributed by atoms with Gasteiger partial charge < -0.3 is 4.74 Å². The Kier molecular flexibility index (Phi) is 3.47. The topological polar surface area (TPSA) is 22.1 Å². The maximum absolute atomic E-state index is 5.63. The van der Waals surface area contributed by atoms with E-state index >= 15 is 0 Å². The Hall–Kier alpha value is -1.48. The Morgan fingerprint density at radius 2 is 1.88 bits per heavy atom. The molecule has 0 aliphatic rings. The molecule has 0 fully saturated rings. The van der Waals surface area contributed by atoms with Gasteiger partial charge in [0.15, 0.2) is 0 Å². The van der Waals surface area contributed by atoms with Gasteiger partial charge >= 0.3 is 0 Å². The van der Waals surface area contributed by atoms with E-state index in [1.807, 2.05) is 49.4 Å². The predicted molar refractivity (Wildman–Crippen MR) is 68.2 cm³/mol. The van der Waals surface area contributed by atoms with Crippen LogP contribution in [0.4, 0.5) is 0 Å². The number of nitrogens with zero attached hydrogens (tertiary/aromatic N) is 1. The molecule has 0 saturated heterocycles. The highest BCUT2D eigenvalue weighted by Gasteiger charge is 2.02. The van der Waals surface area contributed by atoms with Crippen LogP contribution in [0.1, 0.15) is 11.3 Å². The van der Waals surface area contributed by atoms with Crippen molar-refractivity contribution < 1.29 is 4.74 Å². The number of ether oxygens (including phenoxy) is 1. The fourth-order valence-corrected chi connectivity index (χ4v) is 1.70. The van der Waals surface area contributed by atoms with E-state index < -0.39 is 0 Å². The molecular formula is C13H13NOS. The van der Waals surface area contributed by atoms with Crippen molar-refractivity contribution in [2.75, 3.05) is 0 Å². The van der Waals surface area contributed by atoms with Gasteiger partial charge in [-0.05, 0) is 24.6 Å². The maximum Gasteiger partial charge on any atom is 0.219 e. The molecule has 0 bridgehead atoms. The molecule has 0 amide bonds. The van der Waals surface area contributed by atoms with Crippen LogP contribution in [0.25, 0.3) is 0 Å². The molecule has 16 heavy (non-hydrogen) atoms. The van der Waals surface area contributed by atoms with Crippen molar-refractivity contribution in [3.63, 3.8) is 0 Å². The Morgan fingerprint density at radius 3 is 2.56 bits per heavy atom. The summed E-state index contributed by atoms with van der Waals surface area (Å²) in [5.74, 6) is 2.03. The number of aryl methyl sites for hydroxylation is 1. The van der Waals surface area contributed by atoms with Crippen molar-refractivity contribution in [3.8, 4) is 11.6 Å². The molecule has 2 rings (SSSR count). The van der Waals surface area contributed by atoms with Gasteiger partial charge in [0.2, 0.25) is 5.88 Å². The van der Waals surface area contributed by atoms with Gasteiger partial charge in [0, 0.05) is 11.8 Å². The van der Waals surface area contributed by atoms with Gasteiger partial charge in [-0.3, -0.25) is 0 Å². The zero-order valence-electron chi connectivity index (χ0n) is 9.05. The van der Waals surface area contributed by atoms with Crippen LogP contribution in [0.5, 0.6) is 11.6 Å². The monoisotopic (exact) mass is 231 g/mol. The van der Waals surface area contributed by atoms with E-state index in [0.717, 1.165) is 17.0 Å². The maximum atomic E-state index is 5.63. The third kappa shape index (κ3) is 2.55. The zero-order valence-corrected chi connectivity index (χ0v) is 9.95. The fraction of sp³-hybridized carbons (Fsp3) is 0.154. The molecule has 0 atom stereocenters. The van der Waals surface area contributed by atoms with Crippen molar-refractivity contribution in [2.45, 2.75) is 12.7 Å². The first-order valence-corrected chi connectivity index (χ1v) is 5.73. The van der Waals surface area contributed by atoms with Crippen LogP contribution in [0.15, 0.2) is 42.5 Å². The first kappa shape index (κ1) is 11.0. The van der Waals surface area contributed by atoms with Crippen LogP contribution in [0.2, 0.25) is 0 Å². The SMILES string of the molecule is Cc1ccc(Oc2ccccc2)nc1CS. The Morgan fingerprint density at radius 1 is 1.12 bits per heavy atom. The minimum absolute atomic E-state index is 0.612. The average molecular weight is 231 g/mol. The van der Waals surface area contributed by atoms with Crippen LogP contribution >= 0.6 is 12.6 Å². The van der Waals surface area contributed by atoms with Gasteiger partial charge in [0.1, 0.15) is 5.75 Å². The summed E-state index contributed by atoms with van der Waals surface area (Å²) >= 11 is 4.24. The summed E-state index contributed by atoms with van der Waals surface area (Å²) in [6.45, 7) is 2.02. The smallest absolute Gasteiger partial charge is 0.219 e. The van der Waals surface area contributed by atoms with E-state index in [4.69, 9.17) is 4.74 Å². The number of hydrogen-bond acceptors (Lipinski definition) is 3. The van der Waals surface area contributed by atoms with Crippen molar-refractivity contribution >= 4 is 12.6 Å². The minimum atomic E-state index is 0.612. The average Bonchev–Trinajstić information content (AvgIpc) is 2.33. The molecule has 0 N–H and O–H groups in total. The van der Waals surface area contributed by atoms with Crippen molar-refractivity contribution in [2.24, 2.45) is 0 Å². The van der Waals surface area contributed by atoms with Crippen LogP contribution in [0.3, 0.4) is 0 Å². The zero-order chi connectivity index (χ0) is 11.4. The molecular weight excluding hydrogens is 218 g/mol. The number of rotatable bonds is 3. The fourth-order valence-electron chi connectivity index (χ4n) is 1.38. The quantitative estimate of drug-likeness (QED) is 0.815. The number of pyridine rings is 1. The summed E-state index contributed by atoms with van der Waals surface area (Å²) in [5.41, 5.74) is 2.09. The molecule has 2 nitrogen and oxygen atoms in total. The molecule has 0 unspecified atom stereocenters. The first-order valence-electron chi connectivity index (χ1n) is 5.10. The van der Waals surface area contributed by atoms with Gasteiger partial charge in [0.05, 0.1) is 5.69 Å². The summed E-state index contributed by atoms with van der Waals surface area (Å²) in [7, 11) is 0. The summed E-state index contributed by atoms with van der Waals surface area (Å²) in [6.07, 6.45) is 0. The molecule has 82 valence electrons. The van der Waals surface area contributed by atoms with Gasteiger partial charge in [0.25, 0.3) is 0 Å². The van der Waals surface area contributed by atoms with Crippen LogP contribution in [-0.4, -0.2) is 4.98 Å². The van der Waals surface area contributed by atoms with Crippen molar-refractivity contribution in [1.82, 2.24) is 4.98 Å². The van der Waals surface area contributed by atoms with Gasteiger partial charge in [-0.1, -0.05) is 24.3 Å². The number of para-hydroxylation sites is 1. The molecule has 1 aromatic heterocycles. The second-order valence-corrected chi connectivity index (χ2v) is 3.80. The number of aromatic nitrogens is 1. The van der Waals surface area contributed by atoms with E-state index in [-0.39, 0.29) is 0 Å². The van der Waals surface area contributed by atoms with Gasteiger partial charge in [-0.25, -0.2) is 4.98 Å². The van der Waals surface area contributed by atoms with E-state index in [2.05, 4.69) is 17.6 Å². The highest BCUT2D eigenvalue weighted by atomic mass is 32.1. The largest absolute Gasteiger partial charge is 0.439 e. The van der Waals surface area contributed by atoms with Crippen LogP contribution in [0, 0.1) is 6.92 Å². The minimum Gasteiger partial charge on any atom is -0.439 e. The van der Waals surface area contributed by atoms with Gasteiger partial charge in [-0.15, -0.1) is 0 Å². The molecule has 0 radical (unpaired) electrons. The molecule has 0 aliphatic heterocycles. The van der Waals surface area contributed by atoms with Crippen molar-refractivity contribution in [3.05, 3.63) is 53.7 Å². The molecule has 2 aromatic rings. The molecule has 0 saturated carbocycles. The Labute approximate surface area is 101 Å². The standard InChI is InChI=1S/C13H13NOS/c1-10-7-8-13(14-12(10)9-16)15-11-5-3-2-4-6-11/h2-8,16H,9H2,1H3. The Balaban J connectivity index is 2.22. The Bertz CT molecular complexity index is 471. The lowest BCUT2D eigenvalue weighted by atomic mass is 10.2. The molecule has 1 heterocycles. The lowest BCUT2D eigenvalue weighted by Gasteiger charge is -2.07. The number of thiol groups is 1. The molecule has 0 spiro atoms. The lowest BCUT2D eigenvalue weighted by Crippen LogP contribution is -1.94. The van der Waals surface area contributed by atoms with E-state index in [1.165, 1.54) is 0 Å². The number of hydrogen-bond donors (Lipinski definition) is 1. The summed E-state index contributed by atoms with van der Waals surface area (Å²) in [6, 6.07) is 13.5. The predicted octanol–water partition coefficient (Wildman–Crippen LogP) is 3.61. The summed E-state index contributed by atoms with van der Waals surface area (Å²) in [4.78, 5) is 4.39. The lowest BCUT2D eigenvalue weighted by molar-refractivity contribution is 0.461. The second kappa shape index (κ2) is 5.03. The van der Waals surface area contributed by atoms with E-state index in [9.17, 15) is 0 Å². The summed E-state index contributed by atoms with van der Waals surface area (Å²) in [5, 5.41) is 0. The molecule has 1 aromatic carbocycles. The highest BCUT2D eigenvalue weighted by Crippen LogP contribution is 2.20. The summed E-state index contributed by atoms with van der Waals surface area (Å²) < 4.78 is 5.63. The van der Waals surface area contributed by atoms with E-state index in [0.29, 0.717) is 11.6 Å². The van der Waals surface area contributed by atoms with Crippen LogP contribution in [-0.2, 0) is 5.75 Å².